The molecule has 0 saturated heterocycles. The van der Waals surface area contributed by atoms with Crippen molar-refractivity contribution in [2.75, 3.05) is 14.1 Å². The summed E-state index contributed by atoms with van der Waals surface area (Å²) in [6.45, 7) is 2.25. The van der Waals surface area contributed by atoms with E-state index < -0.39 is 0 Å². The van der Waals surface area contributed by atoms with Crippen LogP contribution in [0.15, 0.2) is 0 Å². The summed E-state index contributed by atoms with van der Waals surface area (Å²) in [4.78, 5) is 2.25. The minimum Gasteiger partial charge on any atom is -0.393 e. The molecule has 3 atom stereocenters. The Balaban J connectivity index is 2.40. The van der Waals surface area contributed by atoms with Gasteiger partial charge in [-0.15, -0.1) is 0 Å². The van der Waals surface area contributed by atoms with E-state index in [1.807, 2.05) is 0 Å². The maximum atomic E-state index is 9.49. The molecule has 0 bridgehead atoms. The first-order chi connectivity index (χ1) is 5.61. The predicted molar refractivity (Wildman–Crippen MR) is 51.1 cm³/mol. The van der Waals surface area contributed by atoms with Crippen LogP contribution < -0.4 is 0 Å². The van der Waals surface area contributed by atoms with Crippen LogP contribution in [0.3, 0.4) is 0 Å². The SMILES string of the molecule is C[C@H](C1CCC[C@@H](O)C1)N(C)C. The number of hydrogen-bond acceptors (Lipinski definition) is 2. The molecule has 0 aromatic rings. The van der Waals surface area contributed by atoms with Crippen LogP contribution in [-0.4, -0.2) is 36.2 Å². The molecule has 1 aliphatic rings. The molecule has 1 fully saturated rings. The molecule has 0 aromatic heterocycles. The summed E-state index contributed by atoms with van der Waals surface area (Å²) in [5.41, 5.74) is 0. The van der Waals surface area contributed by atoms with Gasteiger partial charge in [-0.1, -0.05) is 6.42 Å². The van der Waals surface area contributed by atoms with Gasteiger partial charge in [-0.05, 0) is 46.2 Å². The molecular weight excluding hydrogens is 150 g/mol. The maximum absolute atomic E-state index is 9.49. The lowest BCUT2D eigenvalue weighted by molar-refractivity contribution is 0.0709. The van der Waals surface area contributed by atoms with Gasteiger partial charge >= 0.3 is 0 Å². The molecule has 0 amide bonds. The highest BCUT2D eigenvalue weighted by Gasteiger charge is 2.25. The summed E-state index contributed by atoms with van der Waals surface area (Å²) in [6, 6.07) is 0.611. The van der Waals surface area contributed by atoms with Crippen LogP contribution in [-0.2, 0) is 0 Å². The Labute approximate surface area is 75.6 Å². The third-order valence-corrected chi connectivity index (χ3v) is 3.18. The average molecular weight is 171 g/mol. The standard InChI is InChI=1S/C10H21NO/c1-8(11(2)3)9-5-4-6-10(12)7-9/h8-10,12H,4-7H2,1-3H3/t8-,9?,10-/m1/s1. The van der Waals surface area contributed by atoms with Gasteiger partial charge in [0.05, 0.1) is 6.10 Å². The van der Waals surface area contributed by atoms with Gasteiger partial charge in [-0.3, -0.25) is 0 Å². The molecule has 1 aliphatic carbocycles. The Hall–Kier alpha value is -0.0800. The zero-order valence-corrected chi connectivity index (χ0v) is 8.45. The summed E-state index contributed by atoms with van der Waals surface area (Å²) < 4.78 is 0. The summed E-state index contributed by atoms with van der Waals surface area (Å²) in [6.07, 6.45) is 4.46. The maximum Gasteiger partial charge on any atom is 0.0543 e. The highest BCUT2D eigenvalue weighted by atomic mass is 16.3. The topological polar surface area (TPSA) is 23.5 Å². The predicted octanol–water partition coefficient (Wildman–Crippen LogP) is 1.49. The van der Waals surface area contributed by atoms with Gasteiger partial charge in [0.1, 0.15) is 0 Å². The molecule has 0 radical (unpaired) electrons. The fourth-order valence-electron chi connectivity index (χ4n) is 2.06. The molecule has 0 aliphatic heterocycles. The Morgan fingerprint density at radius 1 is 1.33 bits per heavy atom. The van der Waals surface area contributed by atoms with E-state index in [-0.39, 0.29) is 6.10 Å². The van der Waals surface area contributed by atoms with Crippen molar-refractivity contribution in [3.05, 3.63) is 0 Å². The van der Waals surface area contributed by atoms with Crippen molar-refractivity contribution >= 4 is 0 Å². The van der Waals surface area contributed by atoms with Crippen LogP contribution in [0.5, 0.6) is 0 Å². The smallest absolute Gasteiger partial charge is 0.0543 e. The van der Waals surface area contributed by atoms with E-state index in [0.717, 1.165) is 12.8 Å². The number of aliphatic hydroxyl groups is 1. The van der Waals surface area contributed by atoms with E-state index in [1.165, 1.54) is 12.8 Å². The lowest BCUT2D eigenvalue weighted by atomic mass is 9.82. The second-order valence-electron chi connectivity index (χ2n) is 4.28. The zero-order valence-electron chi connectivity index (χ0n) is 8.45. The molecule has 1 rings (SSSR count). The molecule has 1 saturated carbocycles. The van der Waals surface area contributed by atoms with Gasteiger partial charge in [0.2, 0.25) is 0 Å². The van der Waals surface area contributed by atoms with E-state index >= 15 is 0 Å². The van der Waals surface area contributed by atoms with Gasteiger partial charge in [-0.25, -0.2) is 0 Å². The van der Waals surface area contributed by atoms with Crippen molar-refractivity contribution in [3.8, 4) is 0 Å². The third-order valence-electron chi connectivity index (χ3n) is 3.18. The molecule has 2 nitrogen and oxygen atoms in total. The minimum absolute atomic E-state index is 0.0360. The first-order valence-corrected chi connectivity index (χ1v) is 4.95. The van der Waals surface area contributed by atoms with Crippen molar-refractivity contribution in [2.45, 2.75) is 44.8 Å². The molecule has 72 valence electrons. The highest BCUT2D eigenvalue weighted by Crippen LogP contribution is 2.28. The zero-order chi connectivity index (χ0) is 9.14. The van der Waals surface area contributed by atoms with Gasteiger partial charge in [-0.2, -0.15) is 0 Å². The van der Waals surface area contributed by atoms with Crippen LogP contribution in [0.25, 0.3) is 0 Å². The van der Waals surface area contributed by atoms with Gasteiger partial charge in [0.15, 0.2) is 0 Å². The molecule has 0 aromatic carbocycles. The monoisotopic (exact) mass is 171 g/mol. The van der Waals surface area contributed by atoms with Crippen LogP contribution >= 0.6 is 0 Å². The normalized spacial score (nSPS) is 33.8. The van der Waals surface area contributed by atoms with Gasteiger partial charge < -0.3 is 10.0 Å². The first kappa shape index (κ1) is 10.0. The molecule has 0 heterocycles. The lowest BCUT2D eigenvalue weighted by Gasteiger charge is -2.34. The van der Waals surface area contributed by atoms with E-state index in [0.29, 0.717) is 12.0 Å². The minimum atomic E-state index is -0.0360. The van der Waals surface area contributed by atoms with Crippen molar-refractivity contribution in [1.82, 2.24) is 4.90 Å². The molecule has 1 N–H and O–H groups in total. The Kier molecular flexibility index (Phi) is 3.53. The fourth-order valence-corrected chi connectivity index (χ4v) is 2.06. The summed E-state index contributed by atoms with van der Waals surface area (Å²) >= 11 is 0. The first-order valence-electron chi connectivity index (χ1n) is 4.95. The van der Waals surface area contributed by atoms with Crippen LogP contribution in [0, 0.1) is 5.92 Å². The lowest BCUT2D eigenvalue weighted by Crippen LogP contribution is -2.36. The summed E-state index contributed by atoms with van der Waals surface area (Å²) in [5.74, 6) is 0.698. The average Bonchev–Trinajstić information content (AvgIpc) is 2.03. The quantitative estimate of drug-likeness (QED) is 0.680. The van der Waals surface area contributed by atoms with E-state index in [2.05, 4.69) is 25.9 Å². The molecular formula is C10H21NO. The van der Waals surface area contributed by atoms with Gasteiger partial charge in [0.25, 0.3) is 0 Å². The van der Waals surface area contributed by atoms with Crippen LogP contribution in [0.4, 0.5) is 0 Å². The van der Waals surface area contributed by atoms with Crippen molar-refractivity contribution in [3.63, 3.8) is 0 Å². The number of aliphatic hydroxyl groups excluding tert-OH is 1. The third kappa shape index (κ3) is 2.46. The highest BCUT2D eigenvalue weighted by molar-refractivity contribution is 4.79. The number of rotatable bonds is 2. The Morgan fingerprint density at radius 2 is 2.00 bits per heavy atom. The molecule has 12 heavy (non-hydrogen) atoms. The summed E-state index contributed by atoms with van der Waals surface area (Å²) in [7, 11) is 4.23. The second-order valence-corrected chi connectivity index (χ2v) is 4.28. The number of hydrogen-bond donors (Lipinski definition) is 1. The van der Waals surface area contributed by atoms with E-state index in [1.54, 1.807) is 0 Å². The fraction of sp³-hybridized carbons (Fsp3) is 1.00. The van der Waals surface area contributed by atoms with Crippen LogP contribution in [0.1, 0.15) is 32.6 Å². The van der Waals surface area contributed by atoms with Crippen molar-refractivity contribution in [2.24, 2.45) is 5.92 Å². The van der Waals surface area contributed by atoms with E-state index in [9.17, 15) is 5.11 Å². The van der Waals surface area contributed by atoms with E-state index in [4.69, 9.17) is 0 Å². The van der Waals surface area contributed by atoms with Crippen molar-refractivity contribution in [1.29, 1.82) is 0 Å². The Morgan fingerprint density at radius 3 is 2.50 bits per heavy atom. The molecule has 1 unspecified atom stereocenters. The summed E-state index contributed by atoms with van der Waals surface area (Å²) in [5, 5.41) is 9.49. The van der Waals surface area contributed by atoms with Crippen LogP contribution in [0.2, 0.25) is 0 Å². The molecule has 2 heteroatoms. The second kappa shape index (κ2) is 4.24. The van der Waals surface area contributed by atoms with Crippen molar-refractivity contribution < 1.29 is 5.11 Å². The Bertz CT molecular complexity index is 136. The number of nitrogens with zero attached hydrogens (tertiary/aromatic N) is 1. The van der Waals surface area contributed by atoms with Gasteiger partial charge in [0, 0.05) is 6.04 Å². The molecule has 0 spiro atoms. The largest absolute Gasteiger partial charge is 0.393 e.